The van der Waals surface area contributed by atoms with E-state index in [0.29, 0.717) is 25.3 Å². The minimum Gasteiger partial charge on any atom is -0.504 e. The van der Waals surface area contributed by atoms with Gasteiger partial charge >= 0.3 is 5.97 Å². The molecule has 0 bridgehead atoms. The molecule has 0 fully saturated rings. The number of aromatic hydroxyl groups is 1. The molecule has 0 saturated carbocycles. The number of carbonyl (C=O) groups excluding carboxylic acids is 1. The van der Waals surface area contributed by atoms with Gasteiger partial charge in [-0.15, -0.1) is 0 Å². The maximum Gasteiger partial charge on any atom is 0.325 e. The van der Waals surface area contributed by atoms with Gasteiger partial charge in [0.05, 0.1) is 6.61 Å². The van der Waals surface area contributed by atoms with E-state index >= 15 is 0 Å². The van der Waals surface area contributed by atoms with Gasteiger partial charge in [-0.3, -0.25) is 14.9 Å². The molecule has 4 N–H and O–H groups in total. The standard InChI is InChI=1S/C14H20N2O5/c1-3-21-12-8-10(4-5-11(12)18)13(14(19)20)16-7-6-15-9(2)17/h4-5,8,13,16,18H,3,6-7H2,1-2H3,(H,15,17)(H,19,20). The van der Waals surface area contributed by atoms with Crippen LogP contribution in [-0.2, 0) is 9.59 Å². The molecular weight excluding hydrogens is 276 g/mol. The predicted octanol–water partition coefficient (Wildman–Crippen LogP) is 0.642. The van der Waals surface area contributed by atoms with Crippen LogP contribution < -0.4 is 15.4 Å². The van der Waals surface area contributed by atoms with Crippen molar-refractivity contribution in [2.24, 2.45) is 0 Å². The molecule has 0 radical (unpaired) electrons. The second-order valence-corrected chi connectivity index (χ2v) is 4.37. The van der Waals surface area contributed by atoms with Gasteiger partial charge in [-0.2, -0.15) is 0 Å². The second-order valence-electron chi connectivity index (χ2n) is 4.37. The molecule has 0 aliphatic rings. The normalized spacial score (nSPS) is 11.7. The number of phenols is 1. The van der Waals surface area contributed by atoms with Crippen LogP contribution in [0.1, 0.15) is 25.5 Å². The van der Waals surface area contributed by atoms with Gasteiger partial charge in [-0.1, -0.05) is 6.07 Å². The zero-order valence-electron chi connectivity index (χ0n) is 12.0. The fourth-order valence-electron chi connectivity index (χ4n) is 1.78. The summed E-state index contributed by atoms with van der Waals surface area (Å²) in [5, 5.41) is 24.3. The second kappa shape index (κ2) is 8.11. The van der Waals surface area contributed by atoms with E-state index in [1.54, 1.807) is 6.92 Å². The minimum absolute atomic E-state index is 0.0389. The Morgan fingerprint density at radius 2 is 2.05 bits per heavy atom. The molecule has 0 aliphatic carbocycles. The molecule has 1 rings (SSSR count). The summed E-state index contributed by atoms with van der Waals surface area (Å²) in [6.07, 6.45) is 0. The number of hydrogen-bond acceptors (Lipinski definition) is 5. The van der Waals surface area contributed by atoms with Crippen LogP contribution in [0.3, 0.4) is 0 Å². The van der Waals surface area contributed by atoms with Crippen LogP contribution >= 0.6 is 0 Å². The van der Waals surface area contributed by atoms with E-state index in [0.717, 1.165) is 0 Å². The van der Waals surface area contributed by atoms with Gasteiger partial charge < -0.3 is 20.3 Å². The van der Waals surface area contributed by atoms with Gasteiger partial charge in [0, 0.05) is 20.0 Å². The first kappa shape index (κ1) is 16.8. The molecule has 0 heterocycles. The highest BCUT2D eigenvalue weighted by Crippen LogP contribution is 2.29. The highest BCUT2D eigenvalue weighted by Gasteiger charge is 2.20. The molecule has 1 aromatic rings. The van der Waals surface area contributed by atoms with E-state index in [4.69, 9.17) is 4.74 Å². The summed E-state index contributed by atoms with van der Waals surface area (Å²) in [5.74, 6) is -1.02. The lowest BCUT2D eigenvalue weighted by Crippen LogP contribution is -2.35. The van der Waals surface area contributed by atoms with Gasteiger partial charge in [0.15, 0.2) is 11.5 Å². The molecule has 1 unspecified atom stereocenters. The molecule has 21 heavy (non-hydrogen) atoms. The zero-order chi connectivity index (χ0) is 15.8. The smallest absolute Gasteiger partial charge is 0.325 e. The summed E-state index contributed by atoms with van der Waals surface area (Å²) in [4.78, 5) is 22.1. The lowest BCUT2D eigenvalue weighted by molar-refractivity contribution is -0.139. The first-order valence-electron chi connectivity index (χ1n) is 6.62. The Balaban J connectivity index is 2.78. The summed E-state index contributed by atoms with van der Waals surface area (Å²) >= 11 is 0. The Labute approximate surface area is 122 Å². The Morgan fingerprint density at radius 3 is 2.62 bits per heavy atom. The van der Waals surface area contributed by atoms with E-state index in [2.05, 4.69) is 10.6 Å². The third-order valence-corrected chi connectivity index (χ3v) is 2.71. The third-order valence-electron chi connectivity index (χ3n) is 2.71. The van der Waals surface area contributed by atoms with Crippen molar-refractivity contribution in [1.82, 2.24) is 10.6 Å². The molecule has 1 aromatic carbocycles. The summed E-state index contributed by atoms with van der Waals surface area (Å²) in [5.41, 5.74) is 0.464. The van der Waals surface area contributed by atoms with Crippen molar-refractivity contribution in [2.75, 3.05) is 19.7 Å². The predicted molar refractivity (Wildman–Crippen MR) is 76.3 cm³/mol. The number of ether oxygens (including phenoxy) is 1. The van der Waals surface area contributed by atoms with Crippen molar-refractivity contribution < 1.29 is 24.5 Å². The number of phenolic OH excluding ortho intramolecular Hbond substituents is 1. The quantitative estimate of drug-likeness (QED) is 0.524. The summed E-state index contributed by atoms with van der Waals surface area (Å²) in [7, 11) is 0. The number of carboxylic acids is 1. The number of nitrogens with one attached hydrogen (secondary N) is 2. The molecule has 1 amide bonds. The van der Waals surface area contributed by atoms with E-state index in [9.17, 15) is 19.8 Å². The maximum absolute atomic E-state index is 11.3. The average molecular weight is 296 g/mol. The van der Waals surface area contributed by atoms with E-state index in [-0.39, 0.29) is 17.4 Å². The Kier molecular flexibility index (Phi) is 6.48. The number of benzene rings is 1. The maximum atomic E-state index is 11.3. The number of carboxylic acid groups (broad SMARTS) is 1. The lowest BCUT2D eigenvalue weighted by atomic mass is 10.1. The summed E-state index contributed by atoms with van der Waals surface area (Å²) in [6, 6.07) is 3.45. The van der Waals surface area contributed by atoms with E-state index < -0.39 is 12.0 Å². The van der Waals surface area contributed by atoms with Crippen molar-refractivity contribution in [2.45, 2.75) is 19.9 Å². The molecule has 0 aliphatic heterocycles. The molecule has 0 saturated heterocycles. The molecule has 0 aromatic heterocycles. The largest absolute Gasteiger partial charge is 0.504 e. The van der Waals surface area contributed by atoms with Crippen molar-refractivity contribution in [1.29, 1.82) is 0 Å². The number of rotatable bonds is 8. The molecule has 7 nitrogen and oxygen atoms in total. The monoisotopic (exact) mass is 296 g/mol. The van der Waals surface area contributed by atoms with Crippen LogP contribution in [0.25, 0.3) is 0 Å². The average Bonchev–Trinajstić information content (AvgIpc) is 2.41. The van der Waals surface area contributed by atoms with Gasteiger partial charge in [-0.25, -0.2) is 0 Å². The van der Waals surface area contributed by atoms with Crippen molar-refractivity contribution >= 4 is 11.9 Å². The van der Waals surface area contributed by atoms with Crippen LogP contribution in [0.5, 0.6) is 11.5 Å². The summed E-state index contributed by atoms with van der Waals surface area (Å²) in [6.45, 7) is 4.16. The highest BCUT2D eigenvalue weighted by molar-refractivity contribution is 5.76. The first-order chi connectivity index (χ1) is 9.95. The fraction of sp³-hybridized carbons (Fsp3) is 0.429. The SMILES string of the molecule is CCOc1cc(C(NCCNC(C)=O)C(=O)O)ccc1O. The first-order valence-corrected chi connectivity index (χ1v) is 6.62. The van der Waals surface area contributed by atoms with Crippen molar-refractivity contribution in [3.8, 4) is 11.5 Å². The van der Waals surface area contributed by atoms with E-state index in [1.807, 2.05) is 0 Å². The van der Waals surface area contributed by atoms with E-state index in [1.165, 1.54) is 25.1 Å². The number of aliphatic carboxylic acids is 1. The minimum atomic E-state index is -1.05. The highest BCUT2D eigenvalue weighted by atomic mass is 16.5. The van der Waals surface area contributed by atoms with Crippen LogP contribution in [0, 0.1) is 0 Å². The Hall–Kier alpha value is -2.28. The fourth-order valence-corrected chi connectivity index (χ4v) is 1.78. The van der Waals surface area contributed by atoms with Crippen molar-refractivity contribution in [3.05, 3.63) is 23.8 Å². The zero-order valence-corrected chi connectivity index (χ0v) is 12.0. The van der Waals surface area contributed by atoms with Gasteiger partial charge in [-0.05, 0) is 24.6 Å². The van der Waals surface area contributed by atoms with Gasteiger partial charge in [0.2, 0.25) is 5.91 Å². The topological polar surface area (TPSA) is 108 Å². The lowest BCUT2D eigenvalue weighted by Gasteiger charge is -2.16. The number of hydrogen-bond donors (Lipinski definition) is 4. The Bertz CT molecular complexity index is 504. The van der Waals surface area contributed by atoms with Crippen LogP contribution in [-0.4, -0.2) is 41.8 Å². The molecule has 116 valence electrons. The Morgan fingerprint density at radius 1 is 1.33 bits per heavy atom. The molecular formula is C14H20N2O5. The number of amides is 1. The molecule has 1 atom stereocenters. The molecule has 7 heteroatoms. The van der Waals surface area contributed by atoms with Crippen LogP contribution in [0.4, 0.5) is 0 Å². The van der Waals surface area contributed by atoms with Gasteiger partial charge in [0.25, 0.3) is 0 Å². The van der Waals surface area contributed by atoms with Crippen LogP contribution in [0.2, 0.25) is 0 Å². The van der Waals surface area contributed by atoms with Gasteiger partial charge in [0.1, 0.15) is 6.04 Å². The van der Waals surface area contributed by atoms with Crippen molar-refractivity contribution in [3.63, 3.8) is 0 Å². The number of carbonyl (C=O) groups is 2. The van der Waals surface area contributed by atoms with Crippen LogP contribution in [0.15, 0.2) is 18.2 Å². The molecule has 0 spiro atoms. The summed E-state index contributed by atoms with van der Waals surface area (Å²) < 4.78 is 5.24. The third kappa shape index (κ3) is 5.31.